The van der Waals surface area contributed by atoms with Crippen LogP contribution in [0.15, 0.2) is 60.3 Å². The normalized spacial score (nSPS) is 11.7. The summed E-state index contributed by atoms with van der Waals surface area (Å²) in [6, 6.07) is 14.2. The Morgan fingerprint density at radius 2 is 1.62 bits per heavy atom. The van der Waals surface area contributed by atoms with E-state index in [1.165, 1.54) is 18.2 Å². The molecule has 0 bridgehead atoms. The van der Waals surface area contributed by atoms with E-state index in [2.05, 4.69) is 0 Å². The van der Waals surface area contributed by atoms with Crippen LogP contribution < -0.4 is 16.6 Å². The number of hydrogen-bond donors (Lipinski definition) is 3. The lowest BCUT2D eigenvalue weighted by Crippen LogP contribution is -2.33. The van der Waals surface area contributed by atoms with Crippen molar-refractivity contribution < 1.29 is 14.3 Å². The summed E-state index contributed by atoms with van der Waals surface area (Å²) in [5.74, 6) is 3.99. The van der Waals surface area contributed by atoms with Gasteiger partial charge in [-0.1, -0.05) is 42.5 Å². The standard InChI is InChI=1S/C15H14FN3O2/c16-11-8-4-5-9-12(11)19(18)14(13(17)15(20)21)10-6-2-1-3-7-10/h1-9H,17-18H2,(H,20,21)/b14-13-. The first kappa shape index (κ1) is 14.5. The number of rotatable bonds is 4. The van der Waals surface area contributed by atoms with Gasteiger partial charge in [-0.25, -0.2) is 15.0 Å². The predicted octanol–water partition coefficient (Wildman–Crippen LogP) is 1.92. The summed E-state index contributed by atoms with van der Waals surface area (Å²) in [6.07, 6.45) is 0. The van der Waals surface area contributed by atoms with Gasteiger partial charge in [0.05, 0.1) is 11.4 Å². The molecular formula is C15H14FN3O2. The number of carboxylic acid groups (broad SMARTS) is 1. The van der Waals surface area contributed by atoms with Gasteiger partial charge in [-0.2, -0.15) is 0 Å². The molecule has 2 aromatic carbocycles. The molecule has 0 aliphatic rings. The first-order chi connectivity index (χ1) is 10.0. The van der Waals surface area contributed by atoms with E-state index in [9.17, 15) is 9.18 Å². The first-order valence-electron chi connectivity index (χ1n) is 6.10. The summed E-state index contributed by atoms with van der Waals surface area (Å²) in [6.45, 7) is 0. The molecule has 5 N–H and O–H groups in total. The lowest BCUT2D eigenvalue weighted by atomic mass is 10.1. The van der Waals surface area contributed by atoms with Gasteiger partial charge in [0, 0.05) is 5.56 Å². The molecule has 2 aromatic rings. The molecule has 0 saturated heterocycles. The summed E-state index contributed by atoms with van der Waals surface area (Å²) in [5, 5.41) is 10.1. The third kappa shape index (κ3) is 3.01. The largest absolute Gasteiger partial charge is 0.477 e. The second-order valence-electron chi connectivity index (χ2n) is 4.25. The molecule has 0 atom stereocenters. The molecule has 0 aliphatic heterocycles. The number of carboxylic acids is 1. The fourth-order valence-electron chi connectivity index (χ4n) is 1.89. The summed E-state index contributed by atoms with van der Waals surface area (Å²) < 4.78 is 13.8. The van der Waals surface area contributed by atoms with Crippen molar-refractivity contribution in [3.8, 4) is 0 Å². The highest BCUT2D eigenvalue weighted by molar-refractivity contribution is 5.98. The van der Waals surface area contributed by atoms with Crippen molar-refractivity contribution in [2.75, 3.05) is 5.01 Å². The monoisotopic (exact) mass is 287 g/mol. The number of hydrogen-bond acceptors (Lipinski definition) is 4. The molecule has 2 rings (SSSR count). The van der Waals surface area contributed by atoms with Gasteiger partial charge in [0.1, 0.15) is 11.5 Å². The van der Waals surface area contributed by atoms with E-state index in [4.69, 9.17) is 16.7 Å². The molecule has 6 heteroatoms. The number of halogens is 1. The van der Waals surface area contributed by atoms with E-state index in [0.29, 0.717) is 5.56 Å². The van der Waals surface area contributed by atoms with Gasteiger partial charge in [-0.15, -0.1) is 0 Å². The zero-order valence-electron chi connectivity index (χ0n) is 11.0. The minimum Gasteiger partial charge on any atom is -0.477 e. The van der Waals surface area contributed by atoms with Crippen molar-refractivity contribution in [1.82, 2.24) is 0 Å². The average Bonchev–Trinajstić information content (AvgIpc) is 2.48. The summed E-state index contributed by atoms with van der Waals surface area (Å²) in [7, 11) is 0. The maximum Gasteiger partial charge on any atom is 0.354 e. The number of carbonyl (C=O) groups is 1. The Morgan fingerprint density at radius 1 is 1.05 bits per heavy atom. The minimum atomic E-state index is -1.33. The number of nitrogens with zero attached hydrogens (tertiary/aromatic N) is 1. The maximum atomic E-state index is 13.8. The minimum absolute atomic E-state index is 0.0215. The second-order valence-corrected chi connectivity index (χ2v) is 4.25. The van der Waals surface area contributed by atoms with E-state index in [1.54, 1.807) is 36.4 Å². The van der Waals surface area contributed by atoms with Crippen LogP contribution in [0, 0.1) is 5.82 Å². The van der Waals surface area contributed by atoms with Gasteiger partial charge in [0.15, 0.2) is 0 Å². The molecule has 108 valence electrons. The fourth-order valence-corrected chi connectivity index (χ4v) is 1.89. The topological polar surface area (TPSA) is 92.6 Å². The van der Waals surface area contributed by atoms with Crippen LogP contribution in [0.1, 0.15) is 5.56 Å². The number of hydrazine groups is 1. The molecule has 0 unspecified atom stereocenters. The van der Waals surface area contributed by atoms with E-state index in [0.717, 1.165) is 5.01 Å². The van der Waals surface area contributed by atoms with Crippen LogP contribution >= 0.6 is 0 Å². The van der Waals surface area contributed by atoms with Crippen molar-refractivity contribution in [3.05, 3.63) is 71.7 Å². The molecule has 0 aliphatic carbocycles. The Bertz CT molecular complexity index is 686. The second kappa shape index (κ2) is 6.06. The molecule has 0 saturated carbocycles. The average molecular weight is 287 g/mol. The summed E-state index contributed by atoms with van der Waals surface area (Å²) >= 11 is 0. The maximum absolute atomic E-state index is 13.8. The number of anilines is 1. The van der Waals surface area contributed by atoms with Gasteiger partial charge in [0.25, 0.3) is 0 Å². The molecule has 0 radical (unpaired) electrons. The lowest BCUT2D eigenvalue weighted by Gasteiger charge is -2.23. The Balaban J connectivity index is 2.60. The van der Waals surface area contributed by atoms with Crippen LogP contribution in [0.4, 0.5) is 10.1 Å². The Morgan fingerprint density at radius 3 is 2.19 bits per heavy atom. The summed E-state index contributed by atoms with van der Waals surface area (Å²) in [5.41, 5.74) is 5.68. The summed E-state index contributed by atoms with van der Waals surface area (Å²) in [4.78, 5) is 11.2. The number of para-hydroxylation sites is 1. The quantitative estimate of drug-likeness (QED) is 0.454. The smallest absolute Gasteiger partial charge is 0.354 e. The third-order valence-corrected chi connectivity index (χ3v) is 2.89. The van der Waals surface area contributed by atoms with Gasteiger partial charge >= 0.3 is 5.97 Å². The van der Waals surface area contributed by atoms with Crippen molar-refractivity contribution >= 4 is 17.4 Å². The molecule has 5 nitrogen and oxygen atoms in total. The van der Waals surface area contributed by atoms with Gasteiger partial charge < -0.3 is 10.8 Å². The van der Waals surface area contributed by atoms with E-state index >= 15 is 0 Å². The zero-order valence-corrected chi connectivity index (χ0v) is 11.0. The fraction of sp³-hybridized carbons (Fsp3) is 0. The Kier molecular flexibility index (Phi) is 4.20. The van der Waals surface area contributed by atoms with Crippen molar-refractivity contribution in [2.45, 2.75) is 0 Å². The number of benzene rings is 2. The number of aliphatic carboxylic acids is 1. The van der Waals surface area contributed by atoms with Crippen LogP contribution in [0.5, 0.6) is 0 Å². The van der Waals surface area contributed by atoms with Crippen LogP contribution in [0.2, 0.25) is 0 Å². The Labute approximate surface area is 120 Å². The first-order valence-corrected chi connectivity index (χ1v) is 6.10. The molecular weight excluding hydrogens is 273 g/mol. The zero-order chi connectivity index (χ0) is 15.4. The van der Waals surface area contributed by atoms with Crippen molar-refractivity contribution in [1.29, 1.82) is 0 Å². The van der Waals surface area contributed by atoms with Crippen molar-refractivity contribution in [2.24, 2.45) is 11.6 Å². The van der Waals surface area contributed by atoms with Gasteiger partial charge in [0.2, 0.25) is 0 Å². The highest BCUT2D eigenvalue weighted by atomic mass is 19.1. The molecule has 0 spiro atoms. The van der Waals surface area contributed by atoms with Gasteiger partial charge in [-0.3, -0.25) is 5.01 Å². The van der Waals surface area contributed by atoms with E-state index in [-0.39, 0.29) is 11.4 Å². The van der Waals surface area contributed by atoms with E-state index < -0.39 is 17.5 Å². The van der Waals surface area contributed by atoms with E-state index in [1.807, 2.05) is 0 Å². The third-order valence-electron chi connectivity index (χ3n) is 2.89. The SMILES string of the molecule is N/C(C(=O)O)=C(/c1ccccc1)N(N)c1ccccc1F. The van der Waals surface area contributed by atoms with Crippen LogP contribution in [0.25, 0.3) is 5.70 Å². The van der Waals surface area contributed by atoms with Crippen molar-refractivity contribution in [3.63, 3.8) is 0 Å². The highest BCUT2D eigenvalue weighted by Crippen LogP contribution is 2.26. The molecule has 0 amide bonds. The highest BCUT2D eigenvalue weighted by Gasteiger charge is 2.20. The van der Waals surface area contributed by atoms with Gasteiger partial charge in [-0.05, 0) is 12.1 Å². The molecule has 0 aromatic heterocycles. The predicted molar refractivity (Wildman–Crippen MR) is 78.3 cm³/mol. The van der Waals surface area contributed by atoms with Crippen LogP contribution in [0.3, 0.4) is 0 Å². The molecule has 21 heavy (non-hydrogen) atoms. The van der Waals surface area contributed by atoms with Crippen LogP contribution in [-0.2, 0) is 4.79 Å². The number of nitrogens with two attached hydrogens (primary N) is 2. The molecule has 0 heterocycles. The molecule has 0 fully saturated rings. The Hall–Kier alpha value is -2.86. The van der Waals surface area contributed by atoms with Crippen LogP contribution in [-0.4, -0.2) is 11.1 Å². The lowest BCUT2D eigenvalue weighted by molar-refractivity contribution is -0.132.